The molecule has 1 aliphatic rings. The van der Waals surface area contributed by atoms with Gasteiger partial charge in [-0.25, -0.2) is 0 Å². The van der Waals surface area contributed by atoms with Crippen molar-refractivity contribution in [3.05, 3.63) is 75.3 Å². The van der Waals surface area contributed by atoms with Crippen LogP contribution in [0.3, 0.4) is 0 Å². The Balaban J connectivity index is 1.60. The highest BCUT2D eigenvalue weighted by Crippen LogP contribution is 2.47. The summed E-state index contributed by atoms with van der Waals surface area (Å²) in [4.78, 5) is 0. The van der Waals surface area contributed by atoms with E-state index in [4.69, 9.17) is 23.7 Å². The van der Waals surface area contributed by atoms with Crippen LogP contribution >= 0.6 is 15.9 Å². The number of methoxy groups -OCH3 is 4. The molecule has 35 heavy (non-hydrogen) atoms. The fraction of sp³-hybridized carbons (Fsp3) is 0.357. The van der Waals surface area contributed by atoms with Crippen LogP contribution < -0.4 is 29.0 Å². The lowest BCUT2D eigenvalue weighted by molar-refractivity contribution is 0.272. The Kier molecular flexibility index (Phi) is 8.42. The number of hydrogen-bond acceptors (Lipinski definition) is 6. The Hall–Kier alpha value is -2.90. The zero-order chi connectivity index (χ0) is 24.8. The van der Waals surface area contributed by atoms with Crippen molar-refractivity contribution >= 4 is 15.9 Å². The van der Waals surface area contributed by atoms with Crippen molar-refractivity contribution in [3.8, 4) is 28.7 Å². The Morgan fingerprint density at radius 3 is 2.26 bits per heavy atom. The molecule has 6 nitrogen and oxygen atoms in total. The van der Waals surface area contributed by atoms with Gasteiger partial charge in [-0.15, -0.1) is 0 Å². The molecule has 1 N–H and O–H groups in total. The molecule has 4 rings (SSSR count). The van der Waals surface area contributed by atoms with Crippen molar-refractivity contribution in [3.63, 3.8) is 0 Å². The van der Waals surface area contributed by atoms with Crippen LogP contribution in [0.15, 0.2) is 53.0 Å². The van der Waals surface area contributed by atoms with E-state index in [9.17, 15) is 0 Å². The van der Waals surface area contributed by atoms with Crippen LogP contribution in [-0.4, -0.2) is 35.0 Å². The average Bonchev–Trinajstić information content (AvgIpc) is 2.90. The summed E-state index contributed by atoms with van der Waals surface area (Å²) in [6.45, 7) is 1.35. The lowest BCUT2D eigenvalue weighted by atomic mass is 9.89. The predicted octanol–water partition coefficient (Wildman–Crippen LogP) is 5.88. The molecule has 0 spiro atoms. The monoisotopic (exact) mass is 541 g/mol. The third-order valence-corrected chi connectivity index (χ3v) is 7.10. The zero-order valence-electron chi connectivity index (χ0n) is 20.7. The number of benzene rings is 3. The highest BCUT2D eigenvalue weighted by Gasteiger charge is 2.29. The predicted molar refractivity (Wildman–Crippen MR) is 140 cm³/mol. The molecule has 3 aromatic carbocycles. The molecule has 186 valence electrons. The van der Waals surface area contributed by atoms with Crippen molar-refractivity contribution in [2.24, 2.45) is 0 Å². The minimum absolute atomic E-state index is 0.116. The highest BCUT2D eigenvalue weighted by molar-refractivity contribution is 9.10. The van der Waals surface area contributed by atoms with Crippen molar-refractivity contribution in [1.82, 2.24) is 5.32 Å². The quantitative estimate of drug-likeness (QED) is 0.345. The minimum Gasteiger partial charge on any atom is -0.493 e. The molecule has 1 atom stereocenters. The van der Waals surface area contributed by atoms with Crippen molar-refractivity contribution in [2.75, 3.05) is 35.0 Å². The van der Waals surface area contributed by atoms with Crippen LogP contribution in [0, 0.1) is 0 Å². The molecule has 0 saturated carbocycles. The van der Waals surface area contributed by atoms with Gasteiger partial charge in [0.1, 0.15) is 6.61 Å². The Bertz CT molecular complexity index is 1150. The first kappa shape index (κ1) is 25.2. The number of halogens is 1. The summed E-state index contributed by atoms with van der Waals surface area (Å²) in [6.07, 6.45) is 2.62. The van der Waals surface area contributed by atoms with Gasteiger partial charge in [0.15, 0.2) is 23.0 Å². The summed E-state index contributed by atoms with van der Waals surface area (Å²) >= 11 is 3.69. The summed E-state index contributed by atoms with van der Waals surface area (Å²) in [5.74, 6) is 3.50. The first-order valence-electron chi connectivity index (χ1n) is 11.7. The van der Waals surface area contributed by atoms with E-state index >= 15 is 0 Å². The third kappa shape index (κ3) is 5.52. The molecule has 0 amide bonds. The zero-order valence-corrected chi connectivity index (χ0v) is 22.2. The van der Waals surface area contributed by atoms with Gasteiger partial charge >= 0.3 is 0 Å². The lowest BCUT2D eigenvalue weighted by Gasteiger charge is -2.30. The minimum atomic E-state index is 0.116. The molecule has 0 aromatic heterocycles. The van der Waals surface area contributed by atoms with Crippen LogP contribution in [0.4, 0.5) is 0 Å². The fourth-order valence-electron chi connectivity index (χ4n) is 4.63. The Morgan fingerprint density at radius 2 is 1.57 bits per heavy atom. The largest absolute Gasteiger partial charge is 0.493 e. The van der Waals surface area contributed by atoms with Gasteiger partial charge < -0.3 is 29.0 Å². The molecular formula is C28H32BrNO5. The van der Waals surface area contributed by atoms with Crippen molar-refractivity contribution in [2.45, 2.75) is 31.9 Å². The van der Waals surface area contributed by atoms with Gasteiger partial charge in [0.05, 0.1) is 28.4 Å². The van der Waals surface area contributed by atoms with E-state index in [0.29, 0.717) is 23.9 Å². The summed E-state index contributed by atoms with van der Waals surface area (Å²) in [6, 6.07) is 16.3. The lowest BCUT2D eigenvalue weighted by Crippen LogP contribution is -2.31. The molecule has 1 aliphatic heterocycles. The Morgan fingerprint density at radius 1 is 0.857 bits per heavy atom. The standard InChI is InChI=1S/C28H32BrNO5/c1-31-23-14-19(21(29)16-24(23)32-2)10-11-22-26-20(12-13-30-22)15-25(27(33-3)28(26)34-4)35-17-18-8-6-5-7-9-18/h5-9,14-16,22,30H,10-13,17H2,1-4H3. The summed E-state index contributed by atoms with van der Waals surface area (Å²) in [7, 11) is 6.65. The maximum absolute atomic E-state index is 6.19. The summed E-state index contributed by atoms with van der Waals surface area (Å²) in [5, 5.41) is 3.67. The molecule has 0 saturated heterocycles. The molecule has 0 bridgehead atoms. The average molecular weight is 542 g/mol. The normalized spacial score (nSPS) is 14.7. The van der Waals surface area contributed by atoms with Crippen LogP contribution in [-0.2, 0) is 19.4 Å². The van der Waals surface area contributed by atoms with E-state index in [1.165, 1.54) is 5.56 Å². The van der Waals surface area contributed by atoms with Crippen molar-refractivity contribution in [1.29, 1.82) is 0 Å². The smallest absolute Gasteiger partial charge is 0.203 e. The van der Waals surface area contributed by atoms with Gasteiger partial charge in [-0.2, -0.15) is 0 Å². The molecule has 0 aliphatic carbocycles. The fourth-order valence-corrected chi connectivity index (χ4v) is 5.15. The first-order valence-corrected chi connectivity index (χ1v) is 12.5. The van der Waals surface area contributed by atoms with E-state index in [-0.39, 0.29) is 6.04 Å². The third-order valence-electron chi connectivity index (χ3n) is 6.36. The maximum atomic E-state index is 6.19. The molecular weight excluding hydrogens is 510 g/mol. The number of fused-ring (bicyclic) bond motifs is 1. The van der Waals surface area contributed by atoms with E-state index in [2.05, 4.69) is 27.3 Å². The van der Waals surface area contributed by atoms with Gasteiger partial charge in [-0.1, -0.05) is 46.3 Å². The number of hydrogen-bond donors (Lipinski definition) is 1. The van der Waals surface area contributed by atoms with Crippen LogP contribution in [0.2, 0.25) is 0 Å². The van der Waals surface area contributed by atoms with E-state index < -0.39 is 0 Å². The second-order valence-electron chi connectivity index (χ2n) is 8.38. The molecule has 0 fully saturated rings. The Labute approximate surface area is 215 Å². The van der Waals surface area contributed by atoms with Gasteiger partial charge in [-0.3, -0.25) is 0 Å². The molecule has 1 heterocycles. The first-order chi connectivity index (χ1) is 17.1. The summed E-state index contributed by atoms with van der Waals surface area (Å²) in [5.41, 5.74) is 4.62. The maximum Gasteiger partial charge on any atom is 0.203 e. The van der Waals surface area contributed by atoms with Gasteiger partial charge in [-0.05, 0) is 60.7 Å². The SMILES string of the molecule is COc1cc(Br)c(CCC2NCCc3cc(OCc4ccccc4)c(OC)c(OC)c32)cc1OC. The van der Waals surface area contributed by atoms with Gasteiger partial charge in [0, 0.05) is 16.1 Å². The second-order valence-corrected chi connectivity index (χ2v) is 9.24. The van der Waals surface area contributed by atoms with Gasteiger partial charge in [0.2, 0.25) is 5.75 Å². The van der Waals surface area contributed by atoms with Crippen LogP contribution in [0.1, 0.15) is 34.7 Å². The van der Waals surface area contributed by atoms with Crippen LogP contribution in [0.25, 0.3) is 0 Å². The van der Waals surface area contributed by atoms with E-state index in [1.807, 2.05) is 42.5 Å². The molecule has 0 radical (unpaired) electrons. The molecule has 3 aromatic rings. The van der Waals surface area contributed by atoms with Gasteiger partial charge in [0.25, 0.3) is 0 Å². The van der Waals surface area contributed by atoms with Crippen molar-refractivity contribution < 1.29 is 23.7 Å². The second kappa shape index (κ2) is 11.7. The van der Waals surface area contributed by atoms with E-state index in [0.717, 1.165) is 58.5 Å². The summed E-state index contributed by atoms with van der Waals surface area (Å²) < 4.78 is 29.8. The number of rotatable bonds is 10. The number of aryl methyl sites for hydroxylation is 1. The van der Waals surface area contributed by atoms with E-state index in [1.54, 1.807) is 28.4 Å². The topological polar surface area (TPSA) is 58.2 Å². The molecule has 1 unspecified atom stereocenters. The highest BCUT2D eigenvalue weighted by atomic mass is 79.9. The molecule has 7 heteroatoms. The number of nitrogens with one attached hydrogen (secondary N) is 1. The van der Waals surface area contributed by atoms with Crippen LogP contribution in [0.5, 0.6) is 28.7 Å². The number of ether oxygens (including phenoxy) is 5.